The summed E-state index contributed by atoms with van der Waals surface area (Å²) >= 11 is 3.77. The topological polar surface area (TPSA) is 18.5 Å². The molecule has 0 amide bonds. The zero-order valence-electron chi connectivity index (χ0n) is 7.76. The van der Waals surface area contributed by atoms with Gasteiger partial charge in [0.15, 0.2) is 0 Å². The normalized spacial score (nSPS) is 12.5. The van der Waals surface area contributed by atoms with Crippen molar-refractivity contribution >= 4 is 12.9 Å². The van der Waals surface area contributed by atoms with E-state index in [-0.39, 0.29) is 5.60 Å². The van der Waals surface area contributed by atoms with Gasteiger partial charge in [0.05, 0.1) is 11.7 Å². The zero-order chi connectivity index (χ0) is 8.91. The number of rotatable bonds is 5. The lowest BCUT2D eigenvalue weighted by Crippen LogP contribution is -2.23. The van der Waals surface area contributed by atoms with Crippen LogP contribution in [0.2, 0.25) is 0 Å². The van der Waals surface area contributed by atoms with Crippen molar-refractivity contribution in [3.8, 4) is 0 Å². The molecular formula is C8H18O2S. The Morgan fingerprint density at radius 3 is 2.27 bits per heavy atom. The fraction of sp³-hybridized carbons (Fsp3) is 1.00. The van der Waals surface area contributed by atoms with Crippen molar-refractivity contribution in [1.29, 1.82) is 0 Å². The van der Waals surface area contributed by atoms with Gasteiger partial charge in [-0.05, 0) is 40.6 Å². The molecule has 0 rings (SSSR count). The molecule has 0 N–H and O–H groups in total. The minimum absolute atomic E-state index is 0.183. The summed E-state index contributed by atoms with van der Waals surface area (Å²) in [6.07, 6.45) is 1.17. The molecule has 0 aliphatic heterocycles. The third-order valence-electron chi connectivity index (χ3n) is 1.40. The van der Waals surface area contributed by atoms with Crippen LogP contribution in [0.1, 0.15) is 34.1 Å². The lowest BCUT2D eigenvalue weighted by Gasteiger charge is -2.21. The van der Waals surface area contributed by atoms with Crippen LogP contribution in [0.3, 0.4) is 0 Å². The van der Waals surface area contributed by atoms with E-state index in [1.807, 2.05) is 27.7 Å². The summed E-state index contributed by atoms with van der Waals surface area (Å²) in [5.74, 6) is 0. The van der Waals surface area contributed by atoms with E-state index in [1.54, 1.807) is 0 Å². The van der Waals surface area contributed by atoms with Gasteiger partial charge in [-0.3, -0.25) is 0 Å². The Balaban J connectivity index is 3.38. The van der Waals surface area contributed by atoms with Crippen molar-refractivity contribution < 1.29 is 8.92 Å². The molecule has 0 spiro atoms. The van der Waals surface area contributed by atoms with Crippen molar-refractivity contribution in [2.24, 2.45) is 0 Å². The maximum atomic E-state index is 5.37. The van der Waals surface area contributed by atoms with Gasteiger partial charge in [0.2, 0.25) is 0 Å². The smallest absolute Gasteiger partial charge is 0.0791 e. The van der Waals surface area contributed by atoms with Crippen molar-refractivity contribution in [1.82, 2.24) is 0 Å². The Kier molecular flexibility index (Phi) is 5.13. The largest absolute Gasteiger partial charge is 0.379 e. The van der Waals surface area contributed by atoms with Gasteiger partial charge in [-0.15, -0.1) is 0 Å². The van der Waals surface area contributed by atoms with Crippen molar-refractivity contribution in [3.05, 3.63) is 0 Å². The predicted molar refractivity (Wildman–Crippen MR) is 49.9 cm³/mol. The minimum atomic E-state index is -0.183. The summed E-state index contributed by atoms with van der Waals surface area (Å²) in [5.41, 5.74) is -0.183. The highest BCUT2D eigenvalue weighted by Gasteiger charge is 2.16. The maximum Gasteiger partial charge on any atom is 0.0791 e. The average molecular weight is 178 g/mol. The molecule has 0 atom stereocenters. The number of hydrogen-bond acceptors (Lipinski definition) is 3. The molecule has 0 heterocycles. The molecule has 0 aliphatic rings. The van der Waals surface area contributed by atoms with E-state index >= 15 is 0 Å². The highest BCUT2D eigenvalue weighted by molar-refractivity contribution is 7.75. The minimum Gasteiger partial charge on any atom is -0.379 e. The first-order valence-electron chi connectivity index (χ1n) is 3.92. The average Bonchev–Trinajstić information content (AvgIpc) is 1.87. The third-order valence-corrected chi connectivity index (χ3v) is 1.90. The van der Waals surface area contributed by atoms with E-state index in [4.69, 9.17) is 8.92 Å². The Morgan fingerprint density at radius 1 is 1.36 bits per heavy atom. The lowest BCUT2D eigenvalue weighted by molar-refractivity contribution is 0.0330. The molecule has 0 saturated carbocycles. The van der Waals surface area contributed by atoms with E-state index < -0.39 is 0 Å². The molecule has 0 aliphatic carbocycles. The first-order valence-corrected chi connectivity index (χ1v) is 4.28. The van der Waals surface area contributed by atoms with Crippen LogP contribution in [0.5, 0.6) is 0 Å². The summed E-state index contributed by atoms with van der Waals surface area (Å²) in [4.78, 5) is 0. The lowest BCUT2D eigenvalue weighted by atomic mass is 10.1. The van der Waals surface area contributed by atoms with Gasteiger partial charge >= 0.3 is 0 Å². The van der Waals surface area contributed by atoms with Crippen LogP contribution in [-0.2, 0) is 8.92 Å². The van der Waals surface area contributed by atoms with Crippen LogP contribution in [0.4, 0.5) is 0 Å². The Labute approximate surface area is 74.9 Å². The molecule has 0 saturated heterocycles. The van der Waals surface area contributed by atoms with Gasteiger partial charge in [0.1, 0.15) is 0 Å². The molecule has 11 heavy (non-hydrogen) atoms. The van der Waals surface area contributed by atoms with Crippen LogP contribution in [-0.4, -0.2) is 18.3 Å². The molecule has 0 aromatic heterocycles. The molecule has 0 aromatic carbocycles. The SMILES string of the molecule is CC(C)OCCC(C)(C)OS. The van der Waals surface area contributed by atoms with Crippen molar-refractivity contribution in [2.45, 2.75) is 45.8 Å². The van der Waals surface area contributed by atoms with Gasteiger partial charge in [-0.2, -0.15) is 0 Å². The summed E-state index contributed by atoms with van der Waals surface area (Å²) < 4.78 is 10.3. The maximum absolute atomic E-state index is 5.37. The van der Waals surface area contributed by atoms with Crippen LogP contribution < -0.4 is 0 Å². The molecule has 0 aromatic rings. The molecule has 0 fully saturated rings. The van der Waals surface area contributed by atoms with Crippen LogP contribution >= 0.6 is 12.9 Å². The summed E-state index contributed by atoms with van der Waals surface area (Å²) in [5, 5.41) is 0. The first kappa shape index (κ1) is 11.3. The molecule has 0 unspecified atom stereocenters. The van der Waals surface area contributed by atoms with E-state index in [2.05, 4.69) is 12.9 Å². The fourth-order valence-corrected chi connectivity index (χ4v) is 0.677. The Morgan fingerprint density at radius 2 is 1.91 bits per heavy atom. The quantitative estimate of drug-likeness (QED) is 0.515. The van der Waals surface area contributed by atoms with Gasteiger partial charge < -0.3 is 8.92 Å². The van der Waals surface area contributed by atoms with E-state index in [9.17, 15) is 0 Å². The Hall–Kier alpha value is 0.270. The second-order valence-corrected chi connectivity index (χ2v) is 3.70. The fourth-order valence-electron chi connectivity index (χ4n) is 0.586. The van der Waals surface area contributed by atoms with E-state index in [0.29, 0.717) is 6.10 Å². The molecule has 3 heteroatoms. The predicted octanol–water partition coefficient (Wildman–Crippen LogP) is 2.44. The Bertz CT molecular complexity index is 102. The van der Waals surface area contributed by atoms with Gasteiger partial charge in [-0.1, -0.05) is 0 Å². The molecular weight excluding hydrogens is 160 g/mol. The van der Waals surface area contributed by atoms with Crippen LogP contribution in [0.25, 0.3) is 0 Å². The molecule has 68 valence electrons. The van der Waals surface area contributed by atoms with Gasteiger partial charge in [0, 0.05) is 13.0 Å². The molecule has 0 bridgehead atoms. The van der Waals surface area contributed by atoms with Gasteiger partial charge in [0.25, 0.3) is 0 Å². The van der Waals surface area contributed by atoms with Crippen LogP contribution in [0.15, 0.2) is 0 Å². The molecule has 2 nitrogen and oxygen atoms in total. The summed E-state index contributed by atoms with van der Waals surface area (Å²) in [6.45, 7) is 8.75. The van der Waals surface area contributed by atoms with Crippen molar-refractivity contribution in [3.63, 3.8) is 0 Å². The number of hydrogen-bond donors (Lipinski definition) is 1. The van der Waals surface area contributed by atoms with E-state index in [1.165, 1.54) is 0 Å². The first-order chi connectivity index (χ1) is 4.98. The summed E-state index contributed by atoms with van der Waals surface area (Å²) in [7, 11) is 0. The zero-order valence-corrected chi connectivity index (χ0v) is 8.65. The second kappa shape index (κ2) is 5.01. The standard InChI is InChI=1S/C8H18O2S/c1-7(2)9-6-5-8(3,4)10-11/h7,11H,5-6H2,1-4H3. The van der Waals surface area contributed by atoms with Crippen LogP contribution in [0, 0.1) is 0 Å². The van der Waals surface area contributed by atoms with Gasteiger partial charge in [-0.25, -0.2) is 0 Å². The number of ether oxygens (including phenoxy) is 1. The molecule has 0 radical (unpaired) electrons. The van der Waals surface area contributed by atoms with E-state index in [0.717, 1.165) is 13.0 Å². The second-order valence-electron chi connectivity index (χ2n) is 3.52. The number of thiol groups is 1. The monoisotopic (exact) mass is 178 g/mol. The highest BCUT2D eigenvalue weighted by Crippen LogP contribution is 2.15. The van der Waals surface area contributed by atoms with Crippen molar-refractivity contribution in [2.75, 3.05) is 6.61 Å². The highest BCUT2D eigenvalue weighted by atomic mass is 32.1. The summed E-state index contributed by atoms with van der Waals surface area (Å²) in [6, 6.07) is 0. The third kappa shape index (κ3) is 6.66.